The molecule has 1 aliphatic carbocycles. The zero-order valence-corrected chi connectivity index (χ0v) is 10.0. The number of aromatic nitrogens is 3. The van der Waals surface area contributed by atoms with Crippen LogP contribution in [0.3, 0.4) is 0 Å². The van der Waals surface area contributed by atoms with Crippen molar-refractivity contribution in [3.8, 4) is 11.4 Å². The molecule has 18 heavy (non-hydrogen) atoms. The Bertz CT molecular complexity index is 518. The molecule has 2 heterocycles. The van der Waals surface area contributed by atoms with Crippen LogP contribution in [0.5, 0.6) is 0 Å². The van der Waals surface area contributed by atoms with Crippen LogP contribution in [0.2, 0.25) is 0 Å². The first-order chi connectivity index (χ1) is 8.75. The predicted molar refractivity (Wildman–Crippen MR) is 64.7 cm³/mol. The third-order valence-electron chi connectivity index (χ3n) is 3.42. The van der Waals surface area contributed by atoms with Gasteiger partial charge < -0.3 is 9.63 Å². The van der Waals surface area contributed by atoms with E-state index in [2.05, 4.69) is 15.1 Å². The molecular formula is C13H15N3O2. The quantitative estimate of drug-likeness (QED) is 0.895. The van der Waals surface area contributed by atoms with E-state index in [-0.39, 0.29) is 0 Å². The molecule has 2 aromatic heterocycles. The number of rotatable bonds is 3. The maximum Gasteiger partial charge on any atom is 0.229 e. The molecule has 5 nitrogen and oxygen atoms in total. The van der Waals surface area contributed by atoms with Gasteiger partial charge in [0.1, 0.15) is 0 Å². The van der Waals surface area contributed by atoms with Gasteiger partial charge in [0, 0.05) is 18.0 Å². The van der Waals surface area contributed by atoms with E-state index < -0.39 is 5.60 Å². The molecule has 94 valence electrons. The zero-order chi connectivity index (χ0) is 12.4. The van der Waals surface area contributed by atoms with Gasteiger partial charge >= 0.3 is 0 Å². The normalized spacial score (nSPS) is 18.1. The van der Waals surface area contributed by atoms with E-state index in [1.54, 1.807) is 12.4 Å². The van der Waals surface area contributed by atoms with E-state index in [0.717, 1.165) is 31.2 Å². The smallest absolute Gasteiger partial charge is 0.229 e. The van der Waals surface area contributed by atoms with E-state index >= 15 is 0 Å². The largest absolute Gasteiger partial charge is 0.389 e. The molecule has 0 aliphatic heterocycles. The average molecular weight is 245 g/mol. The molecule has 0 spiro atoms. The number of hydrogen-bond donors (Lipinski definition) is 1. The summed E-state index contributed by atoms with van der Waals surface area (Å²) in [6, 6.07) is 3.66. The lowest BCUT2D eigenvalue weighted by Crippen LogP contribution is -2.27. The summed E-state index contributed by atoms with van der Waals surface area (Å²) in [7, 11) is 0. The molecule has 0 radical (unpaired) electrons. The summed E-state index contributed by atoms with van der Waals surface area (Å²) in [6.45, 7) is 0. The van der Waals surface area contributed by atoms with Crippen molar-refractivity contribution in [1.82, 2.24) is 15.1 Å². The van der Waals surface area contributed by atoms with E-state index in [0.29, 0.717) is 18.1 Å². The van der Waals surface area contributed by atoms with Crippen LogP contribution in [-0.2, 0) is 6.42 Å². The Kier molecular flexibility index (Phi) is 2.83. The van der Waals surface area contributed by atoms with Crippen molar-refractivity contribution in [1.29, 1.82) is 0 Å². The van der Waals surface area contributed by atoms with Gasteiger partial charge in [0.2, 0.25) is 11.7 Å². The summed E-state index contributed by atoms with van der Waals surface area (Å²) in [6.07, 6.45) is 7.61. The van der Waals surface area contributed by atoms with Crippen molar-refractivity contribution in [3.05, 3.63) is 30.4 Å². The van der Waals surface area contributed by atoms with Crippen molar-refractivity contribution in [2.75, 3.05) is 0 Å². The monoisotopic (exact) mass is 245 g/mol. The Hall–Kier alpha value is -1.75. The Labute approximate surface area is 105 Å². The highest BCUT2D eigenvalue weighted by molar-refractivity contribution is 5.52. The van der Waals surface area contributed by atoms with Crippen LogP contribution in [-0.4, -0.2) is 25.8 Å². The fourth-order valence-electron chi connectivity index (χ4n) is 2.44. The number of pyridine rings is 1. The lowest BCUT2D eigenvalue weighted by atomic mass is 9.98. The van der Waals surface area contributed by atoms with Gasteiger partial charge in [-0.2, -0.15) is 4.98 Å². The summed E-state index contributed by atoms with van der Waals surface area (Å²) in [5.74, 6) is 1.06. The molecule has 0 amide bonds. The topological polar surface area (TPSA) is 72.0 Å². The lowest BCUT2D eigenvalue weighted by Gasteiger charge is -2.18. The lowest BCUT2D eigenvalue weighted by molar-refractivity contribution is 0.0402. The van der Waals surface area contributed by atoms with Crippen molar-refractivity contribution in [3.63, 3.8) is 0 Å². The zero-order valence-electron chi connectivity index (χ0n) is 10.0. The second kappa shape index (κ2) is 4.49. The molecule has 1 fully saturated rings. The van der Waals surface area contributed by atoms with Gasteiger partial charge in [-0.15, -0.1) is 0 Å². The second-order valence-electron chi connectivity index (χ2n) is 4.86. The van der Waals surface area contributed by atoms with Gasteiger partial charge in [-0.3, -0.25) is 4.98 Å². The van der Waals surface area contributed by atoms with Gasteiger partial charge in [-0.25, -0.2) is 0 Å². The Morgan fingerprint density at radius 3 is 2.67 bits per heavy atom. The van der Waals surface area contributed by atoms with Crippen LogP contribution >= 0.6 is 0 Å². The van der Waals surface area contributed by atoms with Crippen molar-refractivity contribution >= 4 is 0 Å². The van der Waals surface area contributed by atoms with Crippen molar-refractivity contribution in [2.24, 2.45) is 0 Å². The van der Waals surface area contributed by atoms with E-state index in [1.165, 1.54) is 0 Å². The van der Waals surface area contributed by atoms with Crippen LogP contribution in [0.25, 0.3) is 11.4 Å². The van der Waals surface area contributed by atoms with Crippen LogP contribution in [0.15, 0.2) is 29.0 Å². The average Bonchev–Trinajstić information content (AvgIpc) is 3.00. The summed E-state index contributed by atoms with van der Waals surface area (Å²) >= 11 is 0. The van der Waals surface area contributed by atoms with Gasteiger partial charge in [0.25, 0.3) is 0 Å². The molecule has 1 saturated carbocycles. The molecule has 5 heteroatoms. The summed E-state index contributed by atoms with van der Waals surface area (Å²) in [5.41, 5.74) is 0.223. The number of nitrogens with zero attached hydrogens (tertiary/aromatic N) is 3. The van der Waals surface area contributed by atoms with E-state index in [4.69, 9.17) is 4.52 Å². The molecule has 0 atom stereocenters. The molecule has 2 aromatic rings. The first-order valence-corrected chi connectivity index (χ1v) is 6.21. The molecule has 1 aliphatic rings. The van der Waals surface area contributed by atoms with Crippen molar-refractivity contribution in [2.45, 2.75) is 37.7 Å². The first-order valence-electron chi connectivity index (χ1n) is 6.21. The SMILES string of the molecule is OC1(Cc2nc(-c3ccncc3)no2)CCCC1. The Morgan fingerprint density at radius 1 is 1.22 bits per heavy atom. The molecule has 0 bridgehead atoms. The van der Waals surface area contributed by atoms with Crippen LogP contribution < -0.4 is 0 Å². The van der Waals surface area contributed by atoms with Gasteiger partial charge in [0.05, 0.1) is 12.0 Å². The van der Waals surface area contributed by atoms with Crippen LogP contribution in [0.1, 0.15) is 31.6 Å². The first kappa shape index (κ1) is 11.3. The maximum atomic E-state index is 10.3. The summed E-state index contributed by atoms with van der Waals surface area (Å²) < 4.78 is 5.20. The molecular weight excluding hydrogens is 230 g/mol. The molecule has 1 N–H and O–H groups in total. The Balaban J connectivity index is 1.78. The minimum absolute atomic E-state index is 0.449. The fourth-order valence-corrected chi connectivity index (χ4v) is 2.44. The highest BCUT2D eigenvalue weighted by Gasteiger charge is 2.33. The van der Waals surface area contributed by atoms with Crippen molar-refractivity contribution < 1.29 is 9.63 Å². The minimum atomic E-state index is -0.651. The molecule has 3 rings (SSSR count). The molecule has 0 unspecified atom stereocenters. The Morgan fingerprint density at radius 2 is 1.94 bits per heavy atom. The summed E-state index contributed by atoms with van der Waals surface area (Å²) in [4.78, 5) is 8.27. The van der Waals surface area contributed by atoms with E-state index in [9.17, 15) is 5.11 Å². The fraction of sp³-hybridized carbons (Fsp3) is 0.462. The van der Waals surface area contributed by atoms with Crippen LogP contribution in [0.4, 0.5) is 0 Å². The predicted octanol–water partition coefficient (Wildman–Crippen LogP) is 1.98. The summed E-state index contributed by atoms with van der Waals surface area (Å²) in [5, 5.41) is 14.2. The third kappa shape index (κ3) is 2.26. The standard InChI is InChI=1S/C13H15N3O2/c17-13(5-1-2-6-13)9-11-15-12(16-18-11)10-3-7-14-8-4-10/h3-4,7-8,17H,1-2,5-6,9H2. The third-order valence-corrected chi connectivity index (χ3v) is 3.42. The number of hydrogen-bond acceptors (Lipinski definition) is 5. The number of aliphatic hydroxyl groups is 1. The van der Waals surface area contributed by atoms with Gasteiger partial charge in [-0.05, 0) is 25.0 Å². The highest BCUT2D eigenvalue weighted by atomic mass is 16.5. The van der Waals surface area contributed by atoms with E-state index in [1.807, 2.05) is 12.1 Å². The second-order valence-corrected chi connectivity index (χ2v) is 4.86. The molecule has 0 saturated heterocycles. The van der Waals surface area contributed by atoms with Gasteiger partial charge in [-0.1, -0.05) is 18.0 Å². The van der Waals surface area contributed by atoms with Crippen LogP contribution in [0, 0.1) is 0 Å². The molecule has 0 aromatic carbocycles. The minimum Gasteiger partial charge on any atom is -0.389 e. The van der Waals surface area contributed by atoms with Gasteiger partial charge in [0.15, 0.2) is 0 Å². The highest BCUT2D eigenvalue weighted by Crippen LogP contribution is 2.32. The maximum absolute atomic E-state index is 10.3.